The molecule has 2 aromatic carbocycles. The number of rotatable bonds is 4. The monoisotopic (exact) mass is 343 g/mol. The maximum absolute atomic E-state index is 11.7. The summed E-state index contributed by atoms with van der Waals surface area (Å²) in [6, 6.07) is 15.5. The van der Waals surface area contributed by atoms with Crippen LogP contribution in [0.15, 0.2) is 61.2 Å². The number of nitriles is 1. The Bertz CT molecular complexity index is 818. The summed E-state index contributed by atoms with van der Waals surface area (Å²) in [4.78, 5) is 11.7. The molecular weight excluding hydrogens is 333 g/mol. The summed E-state index contributed by atoms with van der Waals surface area (Å²) in [5.41, 5.74) is 1.17. The summed E-state index contributed by atoms with van der Waals surface area (Å²) in [5.74, 6) is -0.605. The van der Waals surface area contributed by atoms with Gasteiger partial charge in [-0.15, -0.1) is 0 Å². The summed E-state index contributed by atoms with van der Waals surface area (Å²) in [6.45, 7) is 3.37. The van der Waals surface area contributed by atoms with Crippen molar-refractivity contribution in [2.75, 3.05) is 0 Å². The fourth-order valence-electron chi connectivity index (χ4n) is 1.89. The molecule has 0 fully saturated rings. The summed E-state index contributed by atoms with van der Waals surface area (Å²) < 4.78 is 5.29. The fourth-order valence-corrected chi connectivity index (χ4v) is 2.24. The van der Waals surface area contributed by atoms with Gasteiger partial charge in [-0.1, -0.05) is 54.0 Å². The second-order valence-corrected chi connectivity index (χ2v) is 5.27. The molecule has 0 saturated heterocycles. The molecule has 0 atom stereocenters. The molecule has 0 aromatic heterocycles. The Morgan fingerprint density at radius 3 is 2.35 bits per heavy atom. The number of hydrogen-bond acceptors (Lipinski definition) is 3. The van der Waals surface area contributed by atoms with Crippen LogP contribution in [0, 0.1) is 11.3 Å². The van der Waals surface area contributed by atoms with E-state index in [0.717, 1.165) is 6.08 Å². The Hall–Kier alpha value is -2.54. The minimum Gasteiger partial charge on any atom is -0.421 e. The van der Waals surface area contributed by atoms with Gasteiger partial charge in [0, 0.05) is 16.7 Å². The summed E-state index contributed by atoms with van der Waals surface area (Å²) in [5, 5.41) is 10.5. The third-order valence-electron chi connectivity index (χ3n) is 2.96. The maximum atomic E-state index is 11.7. The van der Waals surface area contributed by atoms with Crippen LogP contribution in [-0.4, -0.2) is 5.97 Å². The lowest BCUT2D eigenvalue weighted by Crippen LogP contribution is -2.03. The second kappa shape index (κ2) is 7.64. The minimum atomic E-state index is -0.679. The smallest absolute Gasteiger partial charge is 0.335 e. The molecule has 0 amide bonds. The van der Waals surface area contributed by atoms with Gasteiger partial charge in [0.2, 0.25) is 0 Å². The molecule has 3 nitrogen and oxygen atoms in total. The number of benzene rings is 2. The standard InChI is InChI=1S/C18H11Cl2NO2/c1-2-17(22)23-18(14-5-3-4-6-16(14)20)15(11-21)12-7-9-13(19)10-8-12/h2-10H,1H2. The number of carbonyl (C=O) groups excluding carboxylic acids is 1. The van der Waals surface area contributed by atoms with Crippen LogP contribution in [0.3, 0.4) is 0 Å². The fraction of sp³-hybridized carbons (Fsp3) is 0. The van der Waals surface area contributed by atoms with Crippen LogP contribution < -0.4 is 0 Å². The average molecular weight is 344 g/mol. The van der Waals surface area contributed by atoms with E-state index in [1.807, 2.05) is 0 Å². The van der Waals surface area contributed by atoms with Crippen molar-refractivity contribution in [2.24, 2.45) is 0 Å². The van der Waals surface area contributed by atoms with Crippen molar-refractivity contribution in [2.45, 2.75) is 0 Å². The Balaban J connectivity index is 2.69. The predicted molar refractivity (Wildman–Crippen MR) is 91.6 cm³/mol. The van der Waals surface area contributed by atoms with E-state index in [-0.39, 0.29) is 11.3 Å². The molecule has 23 heavy (non-hydrogen) atoms. The molecule has 5 heteroatoms. The highest BCUT2D eigenvalue weighted by molar-refractivity contribution is 6.32. The number of nitrogens with zero attached hydrogens (tertiary/aromatic N) is 1. The van der Waals surface area contributed by atoms with Gasteiger partial charge in [-0.05, 0) is 29.8 Å². The highest BCUT2D eigenvalue weighted by Crippen LogP contribution is 2.32. The molecule has 2 aromatic rings. The zero-order valence-corrected chi connectivity index (χ0v) is 13.4. The average Bonchev–Trinajstić information content (AvgIpc) is 2.56. The van der Waals surface area contributed by atoms with Gasteiger partial charge in [0.05, 0.1) is 5.02 Å². The van der Waals surface area contributed by atoms with E-state index in [2.05, 4.69) is 12.6 Å². The van der Waals surface area contributed by atoms with Gasteiger partial charge < -0.3 is 4.74 Å². The van der Waals surface area contributed by atoms with E-state index in [0.29, 0.717) is 21.2 Å². The molecule has 0 aliphatic heterocycles. The van der Waals surface area contributed by atoms with Gasteiger partial charge in [-0.3, -0.25) is 0 Å². The number of carbonyl (C=O) groups is 1. The Kier molecular flexibility index (Phi) is 5.59. The summed E-state index contributed by atoms with van der Waals surface area (Å²) in [6.07, 6.45) is 1.02. The Morgan fingerprint density at radius 2 is 1.78 bits per heavy atom. The third kappa shape index (κ3) is 4.01. The largest absolute Gasteiger partial charge is 0.421 e. The van der Waals surface area contributed by atoms with E-state index < -0.39 is 5.97 Å². The number of ether oxygens (including phenoxy) is 1. The van der Waals surface area contributed by atoms with Crippen molar-refractivity contribution >= 4 is 40.5 Å². The quantitative estimate of drug-likeness (QED) is 0.254. The van der Waals surface area contributed by atoms with E-state index in [1.165, 1.54) is 0 Å². The number of allylic oxidation sites excluding steroid dienone is 1. The summed E-state index contributed by atoms with van der Waals surface area (Å²) in [7, 11) is 0. The van der Waals surface area contributed by atoms with Gasteiger partial charge in [0.25, 0.3) is 0 Å². The van der Waals surface area contributed by atoms with Crippen molar-refractivity contribution in [3.63, 3.8) is 0 Å². The lowest BCUT2D eigenvalue weighted by molar-refractivity contribution is -0.131. The van der Waals surface area contributed by atoms with Gasteiger partial charge in [-0.25, -0.2) is 4.79 Å². The molecule has 0 aliphatic rings. The van der Waals surface area contributed by atoms with Gasteiger partial charge in [-0.2, -0.15) is 5.26 Å². The minimum absolute atomic E-state index is 0.0744. The van der Waals surface area contributed by atoms with Crippen LogP contribution in [-0.2, 0) is 9.53 Å². The predicted octanol–water partition coefficient (Wildman–Crippen LogP) is 5.11. The van der Waals surface area contributed by atoms with Crippen LogP contribution in [0.2, 0.25) is 10.0 Å². The molecule has 2 rings (SSSR count). The van der Waals surface area contributed by atoms with E-state index in [1.54, 1.807) is 48.5 Å². The maximum Gasteiger partial charge on any atom is 0.335 e. The first-order valence-electron chi connectivity index (χ1n) is 6.56. The van der Waals surface area contributed by atoms with Crippen LogP contribution in [0.5, 0.6) is 0 Å². The van der Waals surface area contributed by atoms with Crippen LogP contribution in [0.4, 0.5) is 0 Å². The van der Waals surface area contributed by atoms with Gasteiger partial charge >= 0.3 is 5.97 Å². The van der Waals surface area contributed by atoms with Crippen LogP contribution in [0.25, 0.3) is 11.3 Å². The molecule has 0 bridgehead atoms. The zero-order chi connectivity index (χ0) is 16.8. The molecule has 0 saturated carbocycles. The van der Waals surface area contributed by atoms with Gasteiger partial charge in [0.1, 0.15) is 11.6 Å². The third-order valence-corrected chi connectivity index (χ3v) is 3.54. The van der Waals surface area contributed by atoms with Crippen molar-refractivity contribution in [3.8, 4) is 6.07 Å². The molecule has 0 unspecified atom stereocenters. The van der Waals surface area contributed by atoms with Gasteiger partial charge in [0.15, 0.2) is 5.76 Å². The first-order chi connectivity index (χ1) is 11.1. The number of esters is 1. The van der Waals surface area contributed by atoms with Crippen molar-refractivity contribution in [1.29, 1.82) is 5.26 Å². The van der Waals surface area contributed by atoms with E-state index in [9.17, 15) is 10.1 Å². The molecule has 0 aliphatic carbocycles. The SMILES string of the molecule is C=CC(=O)OC(=C(C#N)c1ccc(Cl)cc1)c1ccccc1Cl. The van der Waals surface area contributed by atoms with Crippen molar-refractivity contribution in [3.05, 3.63) is 82.4 Å². The van der Waals surface area contributed by atoms with E-state index in [4.69, 9.17) is 27.9 Å². The van der Waals surface area contributed by atoms with Crippen molar-refractivity contribution in [1.82, 2.24) is 0 Å². The molecule has 0 spiro atoms. The zero-order valence-electron chi connectivity index (χ0n) is 11.9. The molecule has 0 radical (unpaired) electrons. The first-order valence-corrected chi connectivity index (χ1v) is 7.32. The highest BCUT2D eigenvalue weighted by atomic mass is 35.5. The lowest BCUT2D eigenvalue weighted by atomic mass is 10.0. The number of hydrogen-bond donors (Lipinski definition) is 0. The molecular formula is C18H11Cl2NO2. The van der Waals surface area contributed by atoms with Crippen molar-refractivity contribution < 1.29 is 9.53 Å². The van der Waals surface area contributed by atoms with E-state index >= 15 is 0 Å². The normalized spacial score (nSPS) is 11.2. The van der Waals surface area contributed by atoms with Crippen LogP contribution >= 0.6 is 23.2 Å². The topological polar surface area (TPSA) is 50.1 Å². The lowest BCUT2D eigenvalue weighted by Gasteiger charge is -2.12. The van der Waals surface area contributed by atoms with Crippen LogP contribution in [0.1, 0.15) is 11.1 Å². The highest BCUT2D eigenvalue weighted by Gasteiger charge is 2.18. The first kappa shape index (κ1) is 16.8. The Morgan fingerprint density at radius 1 is 1.13 bits per heavy atom. The summed E-state index contributed by atoms with van der Waals surface area (Å²) >= 11 is 12.0. The molecule has 0 N–H and O–H groups in total. The number of halogens is 2. The Labute approximate surface area is 144 Å². The second-order valence-electron chi connectivity index (χ2n) is 4.43. The molecule has 0 heterocycles. The molecule has 114 valence electrons.